The molecule has 2 aliphatic rings. The van der Waals surface area contributed by atoms with Crippen LogP contribution >= 0.6 is 0 Å². The fourth-order valence-corrected chi connectivity index (χ4v) is 5.06. The molecule has 1 spiro atoms. The number of aliphatic hydroxyl groups is 1. The van der Waals surface area contributed by atoms with Crippen molar-refractivity contribution in [2.75, 3.05) is 52.6 Å². The molecule has 2 rings (SSSR count). The van der Waals surface area contributed by atoms with Crippen molar-refractivity contribution in [3.63, 3.8) is 0 Å². The van der Waals surface area contributed by atoms with Crippen LogP contribution < -0.4 is 0 Å². The van der Waals surface area contributed by atoms with Crippen LogP contribution in [-0.4, -0.2) is 92.2 Å². The van der Waals surface area contributed by atoms with Gasteiger partial charge in [0.1, 0.15) is 0 Å². The molecular formula is C18H35N3O4S. The first kappa shape index (κ1) is 21.6. The summed E-state index contributed by atoms with van der Waals surface area (Å²) >= 11 is 0. The van der Waals surface area contributed by atoms with E-state index in [1.54, 1.807) is 14.1 Å². The molecule has 2 heterocycles. The van der Waals surface area contributed by atoms with Gasteiger partial charge in [-0.1, -0.05) is 13.8 Å². The largest absolute Gasteiger partial charge is 0.392 e. The normalized spacial score (nSPS) is 28.3. The monoisotopic (exact) mass is 389 g/mol. The molecule has 1 amide bonds. The van der Waals surface area contributed by atoms with E-state index in [4.69, 9.17) is 0 Å². The lowest BCUT2D eigenvalue weighted by Crippen LogP contribution is -2.60. The Morgan fingerprint density at radius 1 is 1.27 bits per heavy atom. The summed E-state index contributed by atoms with van der Waals surface area (Å²) in [6.45, 7) is 7.43. The molecule has 1 N–H and O–H groups in total. The maximum absolute atomic E-state index is 12.4. The summed E-state index contributed by atoms with van der Waals surface area (Å²) in [5.74, 6) is 0.271. The molecule has 0 bridgehead atoms. The Bertz CT molecular complexity index is 593. The van der Waals surface area contributed by atoms with Gasteiger partial charge >= 0.3 is 0 Å². The van der Waals surface area contributed by atoms with Crippen molar-refractivity contribution in [3.05, 3.63) is 0 Å². The summed E-state index contributed by atoms with van der Waals surface area (Å²) in [6, 6.07) is 0. The number of likely N-dealkylation sites (tertiary alicyclic amines) is 2. The Morgan fingerprint density at radius 2 is 1.96 bits per heavy atom. The van der Waals surface area contributed by atoms with Crippen LogP contribution in [0.25, 0.3) is 0 Å². The molecule has 2 fully saturated rings. The van der Waals surface area contributed by atoms with Crippen LogP contribution in [0.15, 0.2) is 0 Å². The highest BCUT2D eigenvalue weighted by Crippen LogP contribution is 2.39. The Balaban J connectivity index is 1.97. The van der Waals surface area contributed by atoms with Crippen molar-refractivity contribution >= 4 is 15.9 Å². The zero-order chi connectivity index (χ0) is 19.5. The molecule has 0 saturated carbocycles. The molecular weight excluding hydrogens is 354 g/mol. The van der Waals surface area contributed by atoms with Gasteiger partial charge in [-0.3, -0.25) is 4.79 Å². The summed E-state index contributed by atoms with van der Waals surface area (Å²) < 4.78 is 25.1. The van der Waals surface area contributed by atoms with Crippen LogP contribution in [-0.2, 0) is 14.8 Å². The fraction of sp³-hybridized carbons (Fsp3) is 0.944. The molecule has 7 nitrogen and oxygen atoms in total. The maximum Gasteiger partial charge on any atom is 0.225 e. The van der Waals surface area contributed by atoms with E-state index < -0.39 is 16.1 Å². The van der Waals surface area contributed by atoms with Gasteiger partial charge in [-0.15, -0.1) is 0 Å². The van der Waals surface area contributed by atoms with Gasteiger partial charge in [0.2, 0.25) is 15.9 Å². The van der Waals surface area contributed by atoms with E-state index in [0.29, 0.717) is 25.9 Å². The van der Waals surface area contributed by atoms with E-state index >= 15 is 0 Å². The van der Waals surface area contributed by atoms with Gasteiger partial charge in [-0.05, 0) is 32.2 Å². The standard InChI is InChI=1S/C18H35N3O4S/c1-15(2)17(23)21-10-5-8-18(14-21)13-20(11-7-16(18)22)9-6-12-26(24,25)19(3)4/h15-16,22H,5-14H2,1-4H3/t16-,18-/m1/s1. The van der Waals surface area contributed by atoms with E-state index in [0.717, 1.165) is 32.5 Å². The van der Waals surface area contributed by atoms with Crippen LogP contribution in [0.4, 0.5) is 0 Å². The van der Waals surface area contributed by atoms with Crippen LogP contribution in [0.1, 0.15) is 39.5 Å². The molecule has 0 aromatic heterocycles. The molecule has 26 heavy (non-hydrogen) atoms. The summed E-state index contributed by atoms with van der Waals surface area (Å²) in [4.78, 5) is 16.6. The lowest BCUT2D eigenvalue weighted by Gasteiger charge is -2.51. The molecule has 2 aliphatic heterocycles. The topological polar surface area (TPSA) is 81.2 Å². The lowest BCUT2D eigenvalue weighted by molar-refractivity contribution is -0.144. The lowest BCUT2D eigenvalue weighted by atomic mass is 9.71. The van der Waals surface area contributed by atoms with E-state index in [9.17, 15) is 18.3 Å². The Labute approximate surface area is 158 Å². The average molecular weight is 390 g/mol. The Hall–Kier alpha value is -0.700. The molecule has 0 aromatic carbocycles. The summed E-state index contributed by atoms with van der Waals surface area (Å²) in [5, 5.41) is 10.7. The number of carbonyl (C=O) groups excluding carboxylic acids is 1. The minimum atomic E-state index is -3.17. The first-order valence-electron chi connectivity index (χ1n) is 9.67. The van der Waals surface area contributed by atoms with Crippen molar-refractivity contribution in [2.45, 2.75) is 45.6 Å². The minimum absolute atomic E-state index is 0.0294. The van der Waals surface area contributed by atoms with Crippen LogP contribution in [0.3, 0.4) is 0 Å². The Kier molecular flexibility index (Phi) is 7.10. The molecule has 152 valence electrons. The highest BCUT2D eigenvalue weighted by Gasteiger charge is 2.46. The zero-order valence-corrected chi connectivity index (χ0v) is 17.5. The van der Waals surface area contributed by atoms with Gasteiger partial charge < -0.3 is 14.9 Å². The molecule has 0 aromatic rings. The number of sulfonamides is 1. The molecule has 2 atom stereocenters. The number of nitrogens with zero attached hydrogens (tertiary/aromatic N) is 3. The highest BCUT2D eigenvalue weighted by atomic mass is 32.2. The highest BCUT2D eigenvalue weighted by molar-refractivity contribution is 7.89. The van der Waals surface area contributed by atoms with Crippen molar-refractivity contribution in [1.29, 1.82) is 0 Å². The quantitative estimate of drug-likeness (QED) is 0.719. The van der Waals surface area contributed by atoms with Crippen LogP contribution in [0.2, 0.25) is 0 Å². The number of amides is 1. The molecule has 2 saturated heterocycles. The molecule has 0 unspecified atom stereocenters. The van der Waals surface area contributed by atoms with E-state index in [-0.39, 0.29) is 23.0 Å². The maximum atomic E-state index is 12.4. The van der Waals surface area contributed by atoms with E-state index in [1.807, 2.05) is 18.7 Å². The molecule has 0 radical (unpaired) electrons. The van der Waals surface area contributed by atoms with Crippen molar-refractivity contribution in [2.24, 2.45) is 11.3 Å². The summed E-state index contributed by atoms with van der Waals surface area (Å²) in [5.41, 5.74) is -0.276. The molecule has 8 heteroatoms. The Morgan fingerprint density at radius 3 is 2.58 bits per heavy atom. The number of piperidine rings is 2. The van der Waals surface area contributed by atoms with E-state index in [1.165, 1.54) is 4.31 Å². The number of hydrogen-bond donors (Lipinski definition) is 1. The number of hydrogen-bond acceptors (Lipinski definition) is 5. The fourth-order valence-electron chi connectivity index (χ4n) is 4.20. The third-order valence-electron chi connectivity index (χ3n) is 5.81. The summed E-state index contributed by atoms with van der Waals surface area (Å²) in [7, 11) is -0.0494. The van der Waals surface area contributed by atoms with Crippen molar-refractivity contribution < 1.29 is 18.3 Å². The third kappa shape index (κ3) is 4.97. The summed E-state index contributed by atoms with van der Waals surface area (Å²) in [6.07, 6.45) is 2.71. The van der Waals surface area contributed by atoms with Crippen LogP contribution in [0, 0.1) is 11.3 Å². The second-order valence-electron chi connectivity index (χ2n) is 8.41. The second kappa shape index (κ2) is 8.54. The zero-order valence-electron chi connectivity index (χ0n) is 16.6. The van der Waals surface area contributed by atoms with Gasteiger partial charge in [-0.2, -0.15) is 0 Å². The second-order valence-corrected chi connectivity index (χ2v) is 10.7. The van der Waals surface area contributed by atoms with E-state index in [2.05, 4.69) is 4.90 Å². The predicted molar refractivity (Wildman–Crippen MR) is 102 cm³/mol. The predicted octanol–water partition coefficient (Wildman–Crippen LogP) is 0.599. The minimum Gasteiger partial charge on any atom is -0.392 e. The molecule has 0 aliphatic carbocycles. The van der Waals surface area contributed by atoms with Gasteiger partial charge in [0.15, 0.2) is 0 Å². The first-order valence-corrected chi connectivity index (χ1v) is 11.3. The van der Waals surface area contributed by atoms with Gasteiger partial charge in [0, 0.05) is 51.6 Å². The SMILES string of the molecule is CC(C)C(=O)N1CCC[C@@]2(CN(CCCS(=O)(=O)N(C)C)CC[C@H]2O)C1. The number of carbonyl (C=O) groups is 1. The van der Waals surface area contributed by atoms with Gasteiger partial charge in [-0.25, -0.2) is 12.7 Å². The van der Waals surface area contributed by atoms with Crippen LogP contribution in [0.5, 0.6) is 0 Å². The smallest absolute Gasteiger partial charge is 0.225 e. The number of aliphatic hydroxyl groups excluding tert-OH is 1. The van der Waals surface area contributed by atoms with Gasteiger partial charge in [0.25, 0.3) is 0 Å². The van der Waals surface area contributed by atoms with Gasteiger partial charge in [0.05, 0.1) is 11.9 Å². The number of rotatable bonds is 6. The average Bonchev–Trinajstić information content (AvgIpc) is 2.57. The van der Waals surface area contributed by atoms with Crippen molar-refractivity contribution in [3.8, 4) is 0 Å². The third-order valence-corrected chi connectivity index (χ3v) is 7.73. The van der Waals surface area contributed by atoms with Crippen molar-refractivity contribution in [1.82, 2.24) is 14.1 Å². The first-order chi connectivity index (χ1) is 12.1.